The van der Waals surface area contributed by atoms with Crippen molar-refractivity contribution in [2.75, 3.05) is 12.4 Å². The van der Waals surface area contributed by atoms with Crippen molar-refractivity contribution in [3.63, 3.8) is 0 Å². The summed E-state index contributed by atoms with van der Waals surface area (Å²) >= 11 is 0. The lowest BCUT2D eigenvalue weighted by molar-refractivity contribution is 0.416. The Morgan fingerprint density at radius 2 is 1.94 bits per heavy atom. The highest BCUT2D eigenvalue weighted by Crippen LogP contribution is 2.28. The summed E-state index contributed by atoms with van der Waals surface area (Å²) in [5.41, 5.74) is 1.75. The van der Waals surface area contributed by atoms with E-state index in [0.717, 1.165) is 16.9 Å². The minimum Gasteiger partial charge on any atom is -0.496 e. The van der Waals surface area contributed by atoms with Crippen molar-refractivity contribution in [1.82, 2.24) is 9.97 Å². The van der Waals surface area contributed by atoms with Gasteiger partial charge in [-0.25, -0.2) is 9.97 Å². The van der Waals surface area contributed by atoms with Gasteiger partial charge in [-0.2, -0.15) is 5.26 Å². The molecule has 0 aliphatic carbocycles. The first-order valence-corrected chi connectivity index (χ1v) is 4.95. The van der Waals surface area contributed by atoms with E-state index < -0.39 is 0 Å². The maximum absolute atomic E-state index is 8.43. The molecule has 1 N–H and O–H groups in total. The molecule has 0 aliphatic heterocycles. The molecule has 0 atom stereocenters. The van der Waals surface area contributed by atoms with Crippen LogP contribution in [0.3, 0.4) is 0 Å². The van der Waals surface area contributed by atoms with Crippen molar-refractivity contribution in [3.05, 3.63) is 36.7 Å². The zero-order valence-electron chi connectivity index (χ0n) is 9.21. The normalized spacial score (nSPS) is 9.41. The molecule has 5 nitrogen and oxygen atoms in total. The molecule has 0 amide bonds. The summed E-state index contributed by atoms with van der Waals surface area (Å²) in [6.45, 7) is 0. The summed E-state index contributed by atoms with van der Waals surface area (Å²) in [5, 5.41) is 10.8. The zero-order valence-corrected chi connectivity index (χ0v) is 9.21. The second-order valence-electron chi connectivity index (χ2n) is 3.23. The fourth-order valence-corrected chi connectivity index (χ4v) is 1.46. The number of methoxy groups -OCH3 is 1. The van der Waals surface area contributed by atoms with Gasteiger partial charge in [-0.05, 0) is 6.07 Å². The molecule has 5 heteroatoms. The van der Waals surface area contributed by atoms with Crippen LogP contribution in [-0.4, -0.2) is 17.1 Å². The highest BCUT2D eigenvalue weighted by atomic mass is 16.5. The molecule has 84 valence electrons. The number of rotatable bonds is 3. The Morgan fingerprint density at radius 3 is 2.59 bits per heavy atom. The van der Waals surface area contributed by atoms with E-state index in [0.29, 0.717) is 0 Å². The van der Waals surface area contributed by atoms with Gasteiger partial charge in [0.15, 0.2) is 6.19 Å². The van der Waals surface area contributed by atoms with Gasteiger partial charge in [-0.3, -0.25) is 5.32 Å². The number of hydrogen-bond acceptors (Lipinski definition) is 5. The summed E-state index contributed by atoms with van der Waals surface area (Å²) in [7, 11) is 1.62. The minimum atomic E-state index is 0.283. The molecule has 17 heavy (non-hydrogen) atoms. The molecular formula is C12H10N4O. The molecule has 0 bridgehead atoms. The third kappa shape index (κ3) is 2.32. The standard InChI is InChI=1S/C12H10N4O/c1-17-11-5-3-2-4-10(11)9-6-14-12(15-7-9)16-8-13/h2-7H,1H3,(H,14,15,16). The van der Waals surface area contributed by atoms with Crippen molar-refractivity contribution in [1.29, 1.82) is 5.26 Å². The van der Waals surface area contributed by atoms with E-state index in [2.05, 4.69) is 15.3 Å². The van der Waals surface area contributed by atoms with Gasteiger partial charge in [-0.1, -0.05) is 18.2 Å². The molecule has 0 saturated heterocycles. The monoisotopic (exact) mass is 226 g/mol. The van der Waals surface area contributed by atoms with Crippen LogP contribution in [0.4, 0.5) is 5.95 Å². The lowest BCUT2D eigenvalue weighted by Gasteiger charge is -2.07. The van der Waals surface area contributed by atoms with Crippen molar-refractivity contribution in [2.24, 2.45) is 0 Å². The van der Waals surface area contributed by atoms with Crippen LogP contribution in [0.15, 0.2) is 36.7 Å². The predicted molar refractivity (Wildman–Crippen MR) is 63.3 cm³/mol. The molecule has 2 rings (SSSR count). The van der Waals surface area contributed by atoms with Crippen LogP contribution in [0.5, 0.6) is 5.75 Å². The van der Waals surface area contributed by atoms with Gasteiger partial charge in [0.05, 0.1) is 7.11 Å². The highest BCUT2D eigenvalue weighted by molar-refractivity contribution is 5.69. The van der Waals surface area contributed by atoms with Gasteiger partial charge in [-0.15, -0.1) is 0 Å². The number of nitrogens with one attached hydrogen (secondary N) is 1. The molecule has 0 aliphatic rings. The third-order valence-electron chi connectivity index (χ3n) is 2.24. The molecule has 0 spiro atoms. The number of ether oxygens (including phenoxy) is 1. The summed E-state index contributed by atoms with van der Waals surface area (Å²) in [4.78, 5) is 8.04. The van der Waals surface area contributed by atoms with Crippen LogP contribution >= 0.6 is 0 Å². The number of para-hydroxylation sites is 1. The number of nitrogens with zero attached hydrogens (tertiary/aromatic N) is 3. The van der Waals surface area contributed by atoms with Gasteiger partial charge < -0.3 is 4.74 Å². The van der Waals surface area contributed by atoms with E-state index in [1.807, 2.05) is 24.3 Å². The average Bonchev–Trinajstić information content (AvgIpc) is 2.40. The predicted octanol–water partition coefficient (Wildman–Crippen LogP) is 2.05. The lowest BCUT2D eigenvalue weighted by Crippen LogP contribution is -1.95. The van der Waals surface area contributed by atoms with E-state index in [-0.39, 0.29) is 5.95 Å². The topological polar surface area (TPSA) is 70.8 Å². The first-order chi connectivity index (χ1) is 8.35. The molecular weight excluding hydrogens is 216 g/mol. The van der Waals surface area contributed by atoms with Gasteiger partial charge in [0.2, 0.25) is 5.95 Å². The smallest absolute Gasteiger partial charge is 0.236 e. The number of hydrogen-bond donors (Lipinski definition) is 1. The third-order valence-corrected chi connectivity index (χ3v) is 2.24. The second kappa shape index (κ2) is 4.94. The number of benzene rings is 1. The SMILES string of the molecule is COc1ccccc1-c1cnc(NC#N)nc1. The van der Waals surface area contributed by atoms with Gasteiger partial charge in [0.25, 0.3) is 0 Å². The quantitative estimate of drug-likeness (QED) is 0.640. The summed E-state index contributed by atoms with van der Waals surface area (Å²) < 4.78 is 5.25. The zero-order chi connectivity index (χ0) is 12.1. The molecule has 0 saturated carbocycles. The molecule has 0 radical (unpaired) electrons. The average molecular weight is 226 g/mol. The first kappa shape index (κ1) is 10.9. The summed E-state index contributed by atoms with van der Waals surface area (Å²) in [6, 6.07) is 7.61. The number of anilines is 1. The first-order valence-electron chi connectivity index (χ1n) is 4.95. The molecule has 1 aromatic heterocycles. The lowest BCUT2D eigenvalue weighted by atomic mass is 10.1. The Bertz CT molecular complexity index is 545. The van der Waals surface area contributed by atoms with Crippen LogP contribution in [0.25, 0.3) is 11.1 Å². The molecule has 2 aromatic rings. The van der Waals surface area contributed by atoms with Crippen LogP contribution in [0.1, 0.15) is 0 Å². The summed E-state index contributed by atoms with van der Waals surface area (Å²) in [6.07, 6.45) is 5.05. The van der Waals surface area contributed by atoms with Crippen molar-refractivity contribution < 1.29 is 4.74 Å². The second-order valence-corrected chi connectivity index (χ2v) is 3.23. The van der Waals surface area contributed by atoms with E-state index in [1.54, 1.807) is 25.7 Å². The van der Waals surface area contributed by atoms with Gasteiger partial charge in [0.1, 0.15) is 5.75 Å². The van der Waals surface area contributed by atoms with Crippen molar-refractivity contribution >= 4 is 5.95 Å². The fraction of sp³-hybridized carbons (Fsp3) is 0.0833. The van der Waals surface area contributed by atoms with Gasteiger partial charge >= 0.3 is 0 Å². The fourth-order valence-electron chi connectivity index (χ4n) is 1.46. The van der Waals surface area contributed by atoms with E-state index in [9.17, 15) is 0 Å². The Balaban J connectivity index is 2.37. The Kier molecular flexibility index (Phi) is 3.17. The van der Waals surface area contributed by atoms with Crippen LogP contribution in [0, 0.1) is 11.5 Å². The Morgan fingerprint density at radius 1 is 1.24 bits per heavy atom. The van der Waals surface area contributed by atoms with Crippen LogP contribution in [-0.2, 0) is 0 Å². The van der Waals surface area contributed by atoms with E-state index in [4.69, 9.17) is 10.00 Å². The van der Waals surface area contributed by atoms with Crippen LogP contribution < -0.4 is 10.1 Å². The largest absolute Gasteiger partial charge is 0.496 e. The van der Waals surface area contributed by atoms with E-state index >= 15 is 0 Å². The minimum absolute atomic E-state index is 0.283. The number of aromatic nitrogens is 2. The Hall–Kier alpha value is -2.61. The molecule has 1 aromatic carbocycles. The molecule has 0 unspecified atom stereocenters. The molecule has 1 heterocycles. The van der Waals surface area contributed by atoms with Crippen molar-refractivity contribution in [2.45, 2.75) is 0 Å². The number of nitriles is 1. The highest BCUT2D eigenvalue weighted by Gasteiger charge is 2.05. The van der Waals surface area contributed by atoms with Crippen LogP contribution in [0.2, 0.25) is 0 Å². The maximum Gasteiger partial charge on any atom is 0.236 e. The van der Waals surface area contributed by atoms with Gasteiger partial charge in [0, 0.05) is 23.5 Å². The Labute approximate surface area is 98.7 Å². The van der Waals surface area contributed by atoms with Crippen molar-refractivity contribution in [3.8, 4) is 23.1 Å². The van der Waals surface area contributed by atoms with E-state index in [1.165, 1.54) is 0 Å². The maximum atomic E-state index is 8.43. The summed E-state index contributed by atoms with van der Waals surface area (Å²) in [5.74, 6) is 1.04. The molecule has 0 fully saturated rings.